The van der Waals surface area contributed by atoms with Gasteiger partial charge in [-0.25, -0.2) is 28.4 Å². The predicted molar refractivity (Wildman–Crippen MR) is 99.1 cm³/mol. The number of carbonyl (C=O) groups is 5. The van der Waals surface area contributed by atoms with Crippen molar-refractivity contribution in [2.45, 2.75) is 6.04 Å². The molecule has 17 nitrogen and oxygen atoms in total. The summed E-state index contributed by atoms with van der Waals surface area (Å²) in [4.78, 5) is 72.9. The number of carbonyl (C=O) groups excluding carboxylic acids is 4. The standard InChI is InChI=1S/C14H15N7O10S/c22-8-3-6(15-4-9(8)23)10(24)17-20-1-2-21(14(20)29)32(30,31)18-12(26)19-5-7(11(19)25)16-13(27)28/h3-4,7,16,23H,1-2,5H2,(H,15,22)(H,17,24)(H,18,26)(H,27,28)/t7-/m0/s1. The normalized spacial score (nSPS) is 18.2. The molecule has 2 saturated heterocycles. The Hall–Kier alpha value is -4.35. The highest BCUT2D eigenvalue weighted by Crippen LogP contribution is 2.14. The Bertz CT molecular complexity index is 1180. The molecule has 1 atom stereocenters. The molecule has 1 aromatic heterocycles. The summed E-state index contributed by atoms with van der Waals surface area (Å²) < 4.78 is 26.4. The number of nitrogens with zero attached hydrogens (tertiary/aromatic N) is 3. The van der Waals surface area contributed by atoms with E-state index in [-0.39, 0.29) is 16.5 Å². The minimum absolute atomic E-state index is 0.224. The number of carboxylic acid groups (broad SMARTS) is 1. The third-order valence-corrected chi connectivity index (χ3v) is 5.67. The van der Waals surface area contributed by atoms with E-state index in [1.54, 1.807) is 0 Å². The van der Waals surface area contributed by atoms with Gasteiger partial charge in [0.05, 0.1) is 19.6 Å². The first kappa shape index (κ1) is 22.3. The topological polar surface area (TPSA) is 239 Å². The Balaban J connectivity index is 1.60. The molecule has 2 aliphatic rings. The number of amides is 7. The van der Waals surface area contributed by atoms with Gasteiger partial charge in [-0.1, -0.05) is 0 Å². The van der Waals surface area contributed by atoms with Crippen LogP contribution in [0.4, 0.5) is 14.4 Å². The van der Waals surface area contributed by atoms with Crippen molar-refractivity contribution in [2.75, 3.05) is 19.6 Å². The quantitative estimate of drug-likeness (QED) is 0.235. The molecule has 0 bridgehead atoms. The average molecular weight is 473 g/mol. The minimum atomic E-state index is -4.77. The number of nitrogens with one attached hydrogen (secondary N) is 4. The minimum Gasteiger partial charge on any atom is -0.503 e. The first-order chi connectivity index (χ1) is 14.9. The molecule has 0 unspecified atom stereocenters. The lowest BCUT2D eigenvalue weighted by atomic mass is 10.1. The molecule has 3 rings (SSSR count). The number of likely N-dealkylation sites (tertiary alicyclic amines) is 1. The van der Waals surface area contributed by atoms with Gasteiger partial charge in [0.2, 0.25) is 5.43 Å². The van der Waals surface area contributed by atoms with Crippen LogP contribution in [-0.2, 0) is 15.0 Å². The highest BCUT2D eigenvalue weighted by molar-refractivity contribution is 7.88. The number of aromatic nitrogens is 1. The maximum atomic E-state index is 12.4. The van der Waals surface area contributed by atoms with Crippen molar-refractivity contribution in [2.24, 2.45) is 0 Å². The fourth-order valence-electron chi connectivity index (χ4n) is 2.71. The fourth-order valence-corrected chi connectivity index (χ4v) is 3.77. The average Bonchev–Trinajstić information content (AvgIpc) is 3.07. The van der Waals surface area contributed by atoms with Crippen LogP contribution in [0.5, 0.6) is 5.75 Å². The van der Waals surface area contributed by atoms with E-state index in [1.807, 2.05) is 5.32 Å². The van der Waals surface area contributed by atoms with E-state index in [0.717, 1.165) is 12.3 Å². The van der Waals surface area contributed by atoms with Crippen molar-refractivity contribution >= 4 is 40.2 Å². The second-order valence-corrected chi connectivity index (χ2v) is 8.00. The van der Waals surface area contributed by atoms with Gasteiger partial charge >= 0.3 is 28.4 Å². The van der Waals surface area contributed by atoms with Crippen LogP contribution < -0.4 is 20.9 Å². The SMILES string of the molecule is O=C(O)N[C@H]1CN(C(=O)NS(=O)(=O)N2CCN(NC(=O)c3cc(=O)c(O)c[nH]3)C2=O)C1=O. The zero-order valence-electron chi connectivity index (χ0n) is 15.8. The Labute approximate surface area is 177 Å². The maximum absolute atomic E-state index is 12.4. The number of H-pyrrole nitrogens is 1. The van der Waals surface area contributed by atoms with E-state index in [2.05, 4.69) is 10.4 Å². The summed E-state index contributed by atoms with van der Waals surface area (Å²) in [5.74, 6) is -2.61. The van der Waals surface area contributed by atoms with Crippen molar-refractivity contribution in [3.05, 3.63) is 28.2 Å². The Morgan fingerprint density at radius 2 is 1.84 bits per heavy atom. The molecule has 32 heavy (non-hydrogen) atoms. The van der Waals surface area contributed by atoms with E-state index < -0.39 is 70.5 Å². The molecule has 1 aromatic rings. The maximum Gasteiger partial charge on any atom is 0.405 e. The molecule has 0 saturated carbocycles. The van der Waals surface area contributed by atoms with E-state index in [1.165, 1.54) is 4.72 Å². The molecule has 0 aromatic carbocycles. The van der Waals surface area contributed by atoms with Crippen molar-refractivity contribution in [3.8, 4) is 5.75 Å². The lowest BCUT2D eigenvalue weighted by Crippen LogP contribution is -2.67. The lowest BCUT2D eigenvalue weighted by Gasteiger charge is -2.36. The number of aromatic hydroxyl groups is 1. The lowest BCUT2D eigenvalue weighted by molar-refractivity contribution is -0.138. The summed E-state index contributed by atoms with van der Waals surface area (Å²) in [5.41, 5.74) is 0.880. The highest BCUT2D eigenvalue weighted by Gasteiger charge is 2.45. The molecular formula is C14H15N7O10S. The predicted octanol–water partition coefficient (Wildman–Crippen LogP) is -3.10. The molecule has 18 heteroatoms. The molecule has 7 amide bonds. The number of hydrogen-bond donors (Lipinski definition) is 6. The van der Waals surface area contributed by atoms with Gasteiger partial charge in [0.15, 0.2) is 5.75 Å². The summed E-state index contributed by atoms with van der Waals surface area (Å²) >= 11 is 0. The van der Waals surface area contributed by atoms with E-state index in [0.29, 0.717) is 9.91 Å². The summed E-state index contributed by atoms with van der Waals surface area (Å²) in [5, 5.41) is 20.2. The van der Waals surface area contributed by atoms with Gasteiger partial charge in [-0.3, -0.25) is 24.7 Å². The van der Waals surface area contributed by atoms with Crippen molar-refractivity contribution in [1.29, 1.82) is 0 Å². The van der Waals surface area contributed by atoms with Crippen LogP contribution >= 0.6 is 0 Å². The molecule has 0 aliphatic carbocycles. The van der Waals surface area contributed by atoms with E-state index in [4.69, 9.17) is 5.11 Å². The number of β-lactam (4-membered cyclic amide) rings is 1. The molecular weight excluding hydrogens is 458 g/mol. The number of pyridine rings is 1. The molecule has 2 aliphatic heterocycles. The van der Waals surface area contributed by atoms with Gasteiger partial charge in [-0.2, -0.15) is 8.42 Å². The number of aromatic amines is 1. The van der Waals surface area contributed by atoms with Gasteiger partial charge in [-0.05, 0) is 0 Å². The molecule has 3 heterocycles. The third kappa shape index (κ3) is 4.24. The highest BCUT2D eigenvalue weighted by atomic mass is 32.2. The van der Waals surface area contributed by atoms with Gasteiger partial charge < -0.3 is 20.5 Å². The molecule has 172 valence electrons. The third-order valence-electron chi connectivity index (χ3n) is 4.32. The smallest absolute Gasteiger partial charge is 0.405 e. The number of hydrazine groups is 1. The Morgan fingerprint density at radius 3 is 2.44 bits per heavy atom. The molecule has 2 fully saturated rings. The summed E-state index contributed by atoms with van der Waals surface area (Å²) in [6.07, 6.45) is -0.652. The van der Waals surface area contributed by atoms with Crippen molar-refractivity contribution < 1.29 is 42.6 Å². The second kappa shape index (κ2) is 8.06. The van der Waals surface area contributed by atoms with Crippen LogP contribution in [0.1, 0.15) is 10.5 Å². The largest absolute Gasteiger partial charge is 0.503 e. The van der Waals surface area contributed by atoms with Crippen LogP contribution in [0.2, 0.25) is 0 Å². The number of imide groups is 1. The summed E-state index contributed by atoms with van der Waals surface area (Å²) in [6.45, 7) is -1.19. The van der Waals surface area contributed by atoms with Gasteiger partial charge in [0.25, 0.3) is 11.8 Å². The van der Waals surface area contributed by atoms with Crippen molar-refractivity contribution in [3.63, 3.8) is 0 Å². The van der Waals surface area contributed by atoms with E-state index >= 15 is 0 Å². The van der Waals surface area contributed by atoms with Crippen LogP contribution in [0.3, 0.4) is 0 Å². The molecule has 0 radical (unpaired) electrons. The molecule has 6 N–H and O–H groups in total. The monoisotopic (exact) mass is 473 g/mol. The van der Waals surface area contributed by atoms with Gasteiger partial charge in [0, 0.05) is 12.3 Å². The van der Waals surface area contributed by atoms with Crippen molar-refractivity contribution in [1.82, 2.24) is 34.7 Å². The van der Waals surface area contributed by atoms with Crippen LogP contribution in [0, 0.1) is 0 Å². The van der Waals surface area contributed by atoms with Gasteiger partial charge in [0.1, 0.15) is 11.7 Å². The Kier molecular flexibility index (Phi) is 5.62. The van der Waals surface area contributed by atoms with Gasteiger partial charge in [-0.15, -0.1) is 0 Å². The van der Waals surface area contributed by atoms with Crippen LogP contribution in [0.15, 0.2) is 17.1 Å². The molecule has 0 spiro atoms. The van der Waals surface area contributed by atoms with Crippen LogP contribution in [0.25, 0.3) is 0 Å². The fraction of sp³-hybridized carbons (Fsp3) is 0.286. The number of rotatable bonds is 5. The zero-order valence-corrected chi connectivity index (χ0v) is 16.6. The summed E-state index contributed by atoms with van der Waals surface area (Å²) in [7, 11) is -4.77. The van der Waals surface area contributed by atoms with E-state index in [9.17, 15) is 42.3 Å². The first-order valence-electron chi connectivity index (χ1n) is 8.60. The number of urea groups is 2. The summed E-state index contributed by atoms with van der Waals surface area (Å²) in [6, 6.07) is -3.07. The first-order valence-corrected chi connectivity index (χ1v) is 10.0. The Morgan fingerprint density at radius 1 is 1.16 bits per heavy atom. The second-order valence-electron chi connectivity index (χ2n) is 6.41. The zero-order chi connectivity index (χ0) is 23.8. The van der Waals surface area contributed by atoms with Crippen LogP contribution in [-0.4, -0.2) is 93.5 Å². The number of hydrogen-bond acceptors (Lipinski definition) is 9.